The molecule has 1 fully saturated rings. The molecule has 1 aliphatic carbocycles. The van der Waals surface area contributed by atoms with Crippen molar-refractivity contribution in [3.8, 4) is 0 Å². The van der Waals surface area contributed by atoms with E-state index in [4.69, 9.17) is 0 Å². The maximum absolute atomic E-state index is 11.6. The minimum absolute atomic E-state index is 0.117. The Kier molecular flexibility index (Phi) is 4.37. The number of carbonyl (C=O) groups is 1. The normalized spacial score (nSPS) is 18.5. The summed E-state index contributed by atoms with van der Waals surface area (Å²) in [5.41, 5.74) is 0.854. The third kappa shape index (κ3) is 3.28. The fraction of sp³-hybridized carbons (Fsp3) is 0.769. The molecule has 80 valence electrons. The Balaban J connectivity index is 2.35. The largest absolute Gasteiger partial charge is 0.294 e. The van der Waals surface area contributed by atoms with Gasteiger partial charge < -0.3 is 0 Å². The van der Waals surface area contributed by atoms with Gasteiger partial charge in [0.2, 0.25) is 0 Å². The second-order valence-electron chi connectivity index (χ2n) is 4.83. The molecule has 0 amide bonds. The zero-order chi connectivity index (χ0) is 10.6. The van der Waals surface area contributed by atoms with Crippen LogP contribution in [0.5, 0.6) is 0 Å². The third-order valence-corrected chi connectivity index (χ3v) is 3.13. The van der Waals surface area contributed by atoms with Crippen LogP contribution in [0.15, 0.2) is 12.2 Å². The van der Waals surface area contributed by atoms with Crippen molar-refractivity contribution >= 4 is 5.78 Å². The van der Waals surface area contributed by atoms with Crippen molar-refractivity contribution in [1.82, 2.24) is 0 Å². The van der Waals surface area contributed by atoms with E-state index in [1.54, 1.807) is 0 Å². The van der Waals surface area contributed by atoms with Gasteiger partial charge in [-0.15, -0.1) is 0 Å². The van der Waals surface area contributed by atoms with E-state index in [1.807, 2.05) is 13.8 Å². The molecule has 1 aliphatic rings. The van der Waals surface area contributed by atoms with E-state index in [9.17, 15) is 4.79 Å². The van der Waals surface area contributed by atoms with E-state index in [0.717, 1.165) is 17.9 Å². The highest BCUT2D eigenvalue weighted by atomic mass is 16.1. The SMILES string of the molecule is C=C(CC1CCCCC1)C(=O)C(C)C. The van der Waals surface area contributed by atoms with Crippen LogP contribution in [0.4, 0.5) is 0 Å². The van der Waals surface area contributed by atoms with E-state index >= 15 is 0 Å². The predicted molar refractivity (Wildman–Crippen MR) is 60.2 cm³/mol. The molecule has 0 heterocycles. The van der Waals surface area contributed by atoms with Crippen molar-refractivity contribution in [1.29, 1.82) is 0 Å². The van der Waals surface area contributed by atoms with Gasteiger partial charge in [0.15, 0.2) is 5.78 Å². The molecule has 0 saturated heterocycles. The fourth-order valence-electron chi connectivity index (χ4n) is 2.25. The zero-order valence-corrected chi connectivity index (χ0v) is 9.51. The number of rotatable bonds is 4. The van der Waals surface area contributed by atoms with Crippen LogP contribution in [0.1, 0.15) is 52.4 Å². The molecule has 1 saturated carbocycles. The maximum atomic E-state index is 11.6. The van der Waals surface area contributed by atoms with E-state index in [1.165, 1.54) is 32.1 Å². The molecule has 1 heteroatoms. The van der Waals surface area contributed by atoms with Gasteiger partial charge in [-0.05, 0) is 17.9 Å². The Labute approximate surface area is 87.6 Å². The highest BCUT2D eigenvalue weighted by Gasteiger charge is 2.18. The predicted octanol–water partition coefficient (Wildman–Crippen LogP) is 3.74. The second kappa shape index (κ2) is 5.33. The molecule has 0 atom stereocenters. The van der Waals surface area contributed by atoms with Gasteiger partial charge in [-0.1, -0.05) is 52.5 Å². The third-order valence-electron chi connectivity index (χ3n) is 3.13. The van der Waals surface area contributed by atoms with E-state index in [2.05, 4.69) is 6.58 Å². The number of Topliss-reactive ketones (excluding diaryl/α,β-unsaturated/α-hetero) is 1. The molecule has 0 spiro atoms. The summed E-state index contributed by atoms with van der Waals surface area (Å²) in [5.74, 6) is 1.11. The van der Waals surface area contributed by atoms with Gasteiger partial charge in [-0.25, -0.2) is 0 Å². The van der Waals surface area contributed by atoms with Crippen LogP contribution in [0.2, 0.25) is 0 Å². The zero-order valence-electron chi connectivity index (χ0n) is 9.51. The molecule has 0 aromatic heterocycles. The lowest BCUT2D eigenvalue weighted by Gasteiger charge is -2.22. The van der Waals surface area contributed by atoms with Crippen LogP contribution in [0.25, 0.3) is 0 Å². The first-order valence-corrected chi connectivity index (χ1v) is 5.83. The average molecular weight is 194 g/mol. The van der Waals surface area contributed by atoms with Gasteiger partial charge in [0.05, 0.1) is 0 Å². The van der Waals surface area contributed by atoms with Gasteiger partial charge in [-0.3, -0.25) is 4.79 Å². The lowest BCUT2D eigenvalue weighted by molar-refractivity contribution is -0.118. The summed E-state index contributed by atoms with van der Waals surface area (Å²) in [6, 6.07) is 0. The smallest absolute Gasteiger partial charge is 0.160 e. The number of allylic oxidation sites excluding steroid dienone is 1. The standard InChI is InChI=1S/C13H22O/c1-10(2)13(14)11(3)9-12-7-5-4-6-8-12/h10,12H,3-9H2,1-2H3. The molecular weight excluding hydrogens is 172 g/mol. The van der Waals surface area contributed by atoms with Gasteiger partial charge in [0.1, 0.15) is 0 Å². The molecule has 0 aliphatic heterocycles. The Morgan fingerprint density at radius 2 is 1.86 bits per heavy atom. The van der Waals surface area contributed by atoms with E-state index in [-0.39, 0.29) is 11.7 Å². The second-order valence-corrected chi connectivity index (χ2v) is 4.83. The van der Waals surface area contributed by atoms with E-state index in [0.29, 0.717) is 0 Å². The fourth-order valence-corrected chi connectivity index (χ4v) is 2.25. The van der Waals surface area contributed by atoms with Crippen LogP contribution < -0.4 is 0 Å². The highest BCUT2D eigenvalue weighted by Crippen LogP contribution is 2.29. The quantitative estimate of drug-likeness (QED) is 0.623. The van der Waals surface area contributed by atoms with Gasteiger partial charge >= 0.3 is 0 Å². The molecule has 0 unspecified atom stereocenters. The summed E-state index contributed by atoms with van der Waals surface area (Å²) in [7, 11) is 0. The number of ketones is 1. The number of hydrogen-bond acceptors (Lipinski definition) is 1. The molecule has 1 nitrogen and oxygen atoms in total. The summed E-state index contributed by atoms with van der Waals surface area (Å²) >= 11 is 0. The first kappa shape index (κ1) is 11.5. The van der Waals surface area contributed by atoms with Crippen molar-refractivity contribution < 1.29 is 4.79 Å². The van der Waals surface area contributed by atoms with Gasteiger partial charge in [0.25, 0.3) is 0 Å². The molecule has 0 N–H and O–H groups in total. The van der Waals surface area contributed by atoms with Crippen LogP contribution >= 0.6 is 0 Å². The monoisotopic (exact) mass is 194 g/mol. The highest BCUT2D eigenvalue weighted by molar-refractivity contribution is 5.96. The van der Waals surface area contributed by atoms with Crippen molar-refractivity contribution in [2.24, 2.45) is 11.8 Å². The minimum Gasteiger partial charge on any atom is -0.294 e. The molecule has 14 heavy (non-hydrogen) atoms. The van der Waals surface area contributed by atoms with Crippen LogP contribution in [0.3, 0.4) is 0 Å². The van der Waals surface area contributed by atoms with E-state index < -0.39 is 0 Å². The van der Waals surface area contributed by atoms with Crippen molar-refractivity contribution in [3.05, 3.63) is 12.2 Å². The Morgan fingerprint density at radius 3 is 2.36 bits per heavy atom. The van der Waals surface area contributed by atoms with Crippen molar-refractivity contribution in [3.63, 3.8) is 0 Å². The molecule has 0 radical (unpaired) electrons. The number of hydrogen-bond donors (Lipinski definition) is 0. The van der Waals surface area contributed by atoms with Gasteiger partial charge in [0, 0.05) is 5.92 Å². The van der Waals surface area contributed by atoms with Crippen LogP contribution in [-0.2, 0) is 4.79 Å². The first-order chi connectivity index (χ1) is 6.61. The lowest BCUT2D eigenvalue weighted by Crippen LogP contribution is -2.14. The van der Waals surface area contributed by atoms with Crippen LogP contribution in [0, 0.1) is 11.8 Å². The topological polar surface area (TPSA) is 17.1 Å². The summed E-state index contributed by atoms with van der Waals surface area (Å²) in [5, 5.41) is 0. The molecule has 1 rings (SSSR count). The minimum atomic E-state index is 0.117. The summed E-state index contributed by atoms with van der Waals surface area (Å²) in [6.07, 6.45) is 7.59. The number of carbonyl (C=O) groups excluding carboxylic acids is 1. The summed E-state index contributed by atoms with van der Waals surface area (Å²) in [6.45, 7) is 7.83. The van der Waals surface area contributed by atoms with Crippen LogP contribution in [-0.4, -0.2) is 5.78 Å². The molecular formula is C13H22O. The average Bonchev–Trinajstić information content (AvgIpc) is 2.18. The summed E-state index contributed by atoms with van der Waals surface area (Å²) in [4.78, 5) is 11.6. The first-order valence-electron chi connectivity index (χ1n) is 5.83. The molecule has 0 aromatic rings. The summed E-state index contributed by atoms with van der Waals surface area (Å²) < 4.78 is 0. The Bertz CT molecular complexity index is 209. The lowest BCUT2D eigenvalue weighted by atomic mass is 9.83. The van der Waals surface area contributed by atoms with Crippen molar-refractivity contribution in [2.45, 2.75) is 52.4 Å². The molecule has 0 aromatic carbocycles. The van der Waals surface area contributed by atoms with Crippen molar-refractivity contribution in [2.75, 3.05) is 0 Å². The molecule has 0 bridgehead atoms. The Hall–Kier alpha value is -0.590. The maximum Gasteiger partial charge on any atom is 0.160 e. The van der Waals surface area contributed by atoms with Gasteiger partial charge in [-0.2, -0.15) is 0 Å². The Morgan fingerprint density at radius 1 is 1.29 bits per heavy atom.